The van der Waals surface area contributed by atoms with Crippen LogP contribution in [0.5, 0.6) is 0 Å². The number of carboxylic acid groups (broad SMARTS) is 1. The highest BCUT2D eigenvalue weighted by atomic mass is 32.1. The molecule has 0 aromatic rings. The Morgan fingerprint density at radius 2 is 1.95 bits per heavy atom. The molecule has 1 heterocycles. The maximum atomic E-state index is 12.1. The van der Waals surface area contributed by atoms with E-state index in [-0.39, 0.29) is 55.0 Å². The van der Waals surface area contributed by atoms with Gasteiger partial charge < -0.3 is 10.0 Å². The van der Waals surface area contributed by atoms with Gasteiger partial charge in [-0.25, -0.2) is 4.79 Å². The molecule has 1 aliphatic carbocycles. The largest absolute Gasteiger partial charge is 0.480 e. The number of carbonyl (C=O) groups is 4. The summed E-state index contributed by atoms with van der Waals surface area (Å²) in [7, 11) is 0. The van der Waals surface area contributed by atoms with E-state index in [0.717, 1.165) is 4.90 Å². The summed E-state index contributed by atoms with van der Waals surface area (Å²) in [6.45, 7) is 1.63. The molecule has 6 nitrogen and oxygen atoms in total. The van der Waals surface area contributed by atoms with Crippen molar-refractivity contribution in [3.63, 3.8) is 0 Å². The van der Waals surface area contributed by atoms with Gasteiger partial charge in [0.05, 0.1) is 0 Å². The number of likely N-dealkylation sites (tertiary alicyclic amines) is 1. The van der Waals surface area contributed by atoms with Crippen LogP contribution < -0.4 is 0 Å². The van der Waals surface area contributed by atoms with Crippen molar-refractivity contribution in [3.8, 4) is 0 Å². The van der Waals surface area contributed by atoms with Crippen LogP contribution in [0.1, 0.15) is 32.6 Å². The molecule has 20 heavy (non-hydrogen) atoms. The van der Waals surface area contributed by atoms with Crippen molar-refractivity contribution in [1.82, 2.24) is 4.90 Å². The van der Waals surface area contributed by atoms with E-state index in [2.05, 4.69) is 12.6 Å². The lowest BCUT2D eigenvalue weighted by atomic mass is 9.82. The number of ketones is 2. The van der Waals surface area contributed by atoms with Crippen LogP contribution in [0, 0.1) is 5.41 Å². The van der Waals surface area contributed by atoms with E-state index in [1.54, 1.807) is 6.92 Å². The van der Waals surface area contributed by atoms with E-state index >= 15 is 0 Å². The molecule has 0 radical (unpaired) electrons. The van der Waals surface area contributed by atoms with Crippen LogP contribution in [0.3, 0.4) is 0 Å². The van der Waals surface area contributed by atoms with E-state index in [9.17, 15) is 24.3 Å². The zero-order valence-corrected chi connectivity index (χ0v) is 12.1. The van der Waals surface area contributed by atoms with Gasteiger partial charge in [-0.2, -0.15) is 12.6 Å². The molecule has 0 aromatic heterocycles. The molecule has 1 spiro atoms. The SMILES string of the molecule is CC(S)CC(=O)N1CC2(C[C@H]1C(=O)O)C(=O)CCC2=O. The summed E-state index contributed by atoms with van der Waals surface area (Å²) >= 11 is 4.12. The molecular formula is C13H17NO5S. The van der Waals surface area contributed by atoms with Gasteiger partial charge in [0, 0.05) is 31.1 Å². The van der Waals surface area contributed by atoms with Crippen LogP contribution in [-0.4, -0.2) is 51.3 Å². The Bertz CT molecular complexity index is 471. The lowest BCUT2D eigenvalue weighted by Gasteiger charge is -2.23. The number of thiol groups is 1. The number of carbonyl (C=O) groups excluding carboxylic acids is 3. The lowest BCUT2D eigenvalue weighted by molar-refractivity contribution is -0.148. The highest BCUT2D eigenvalue weighted by Crippen LogP contribution is 2.43. The number of hydrogen-bond donors (Lipinski definition) is 2. The Morgan fingerprint density at radius 1 is 1.40 bits per heavy atom. The first-order valence-corrected chi connectivity index (χ1v) is 7.06. The van der Waals surface area contributed by atoms with E-state index < -0.39 is 17.4 Å². The van der Waals surface area contributed by atoms with Crippen molar-refractivity contribution >= 4 is 36.1 Å². The Morgan fingerprint density at radius 3 is 2.40 bits per heavy atom. The van der Waals surface area contributed by atoms with Crippen molar-refractivity contribution in [2.75, 3.05) is 6.54 Å². The molecule has 0 aromatic carbocycles. The second-order valence-electron chi connectivity index (χ2n) is 5.56. The third kappa shape index (κ3) is 2.34. The lowest BCUT2D eigenvalue weighted by Crippen LogP contribution is -2.42. The minimum Gasteiger partial charge on any atom is -0.480 e. The predicted octanol–water partition coefficient (Wildman–Crippen LogP) is 0.299. The quantitative estimate of drug-likeness (QED) is 0.577. The zero-order chi connectivity index (χ0) is 15.1. The normalized spacial score (nSPS) is 26.3. The minimum atomic E-state index is -1.28. The molecule has 110 valence electrons. The third-order valence-corrected chi connectivity index (χ3v) is 4.26. The summed E-state index contributed by atoms with van der Waals surface area (Å²) in [6, 6.07) is -1.10. The standard InChI is InChI=1S/C13H17NO5S/c1-7(20)4-11(17)14-6-13(5-8(14)12(18)19)9(15)2-3-10(13)16/h7-8,20H,2-6H2,1H3,(H,18,19)/t7?,8-/m0/s1. The predicted molar refractivity (Wildman–Crippen MR) is 72.5 cm³/mol. The minimum absolute atomic E-state index is 0.0886. The summed E-state index contributed by atoms with van der Waals surface area (Å²) in [5.41, 5.74) is -1.28. The molecule has 2 fully saturated rings. The Kier molecular flexibility index (Phi) is 3.90. The molecule has 1 saturated carbocycles. The van der Waals surface area contributed by atoms with Crippen LogP contribution >= 0.6 is 12.6 Å². The summed E-state index contributed by atoms with van der Waals surface area (Å²) in [5.74, 6) is -2.01. The summed E-state index contributed by atoms with van der Waals surface area (Å²) in [6.07, 6.45) is 0.296. The van der Waals surface area contributed by atoms with Crippen molar-refractivity contribution in [2.45, 2.75) is 43.9 Å². The first-order valence-electron chi connectivity index (χ1n) is 6.55. The van der Waals surface area contributed by atoms with Crippen LogP contribution in [0.2, 0.25) is 0 Å². The Balaban J connectivity index is 2.28. The molecule has 2 atom stereocenters. The van der Waals surface area contributed by atoms with Gasteiger partial charge in [-0.3, -0.25) is 14.4 Å². The number of rotatable bonds is 3. The fraction of sp³-hybridized carbons (Fsp3) is 0.692. The molecule has 1 saturated heterocycles. The van der Waals surface area contributed by atoms with E-state index in [1.165, 1.54) is 0 Å². The number of nitrogens with zero attached hydrogens (tertiary/aromatic N) is 1. The number of Topliss-reactive ketones (excluding diaryl/α,β-unsaturated/α-hetero) is 2. The second-order valence-corrected chi connectivity index (χ2v) is 6.44. The van der Waals surface area contributed by atoms with Crippen molar-refractivity contribution in [2.24, 2.45) is 5.41 Å². The van der Waals surface area contributed by atoms with Gasteiger partial charge in [0.15, 0.2) is 0 Å². The molecular weight excluding hydrogens is 282 g/mol. The highest BCUT2D eigenvalue weighted by molar-refractivity contribution is 7.80. The number of aliphatic carboxylic acids is 1. The zero-order valence-electron chi connectivity index (χ0n) is 11.2. The van der Waals surface area contributed by atoms with E-state index in [1.807, 2.05) is 0 Å². The van der Waals surface area contributed by atoms with Gasteiger partial charge in [0.25, 0.3) is 0 Å². The van der Waals surface area contributed by atoms with Gasteiger partial charge in [0.2, 0.25) is 5.91 Å². The molecule has 7 heteroatoms. The van der Waals surface area contributed by atoms with Gasteiger partial charge in [0.1, 0.15) is 23.0 Å². The molecule has 1 aliphatic heterocycles. The van der Waals surface area contributed by atoms with E-state index in [4.69, 9.17) is 0 Å². The van der Waals surface area contributed by atoms with Gasteiger partial charge in [-0.1, -0.05) is 6.92 Å². The second kappa shape index (κ2) is 5.20. The van der Waals surface area contributed by atoms with Gasteiger partial charge in [-0.15, -0.1) is 0 Å². The fourth-order valence-corrected chi connectivity index (χ4v) is 3.18. The molecule has 2 rings (SSSR count). The van der Waals surface area contributed by atoms with Crippen LogP contribution in [0.25, 0.3) is 0 Å². The molecule has 2 aliphatic rings. The third-order valence-electron chi connectivity index (χ3n) is 4.08. The molecule has 1 N–H and O–H groups in total. The maximum Gasteiger partial charge on any atom is 0.326 e. The van der Waals surface area contributed by atoms with Gasteiger partial charge in [-0.05, 0) is 6.42 Å². The smallest absolute Gasteiger partial charge is 0.326 e. The number of hydrogen-bond acceptors (Lipinski definition) is 5. The van der Waals surface area contributed by atoms with E-state index in [0.29, 0.717) is 0 Å². The molecule has 1 amide bonds. The first-order chi connectivity index (χ1) is 9.28. The Labute approximate surface area is 121 Å². The molecule has 1 unspecified atom stereocenters. The van der Waals surface area contributed by atoms with Crippen LogP contribution in [-0.2, 0) is 19.2 Å². The number of amides is 1. The average Bonchev–Trinajstić information content (AvgIpc) is 2.87. The highest BCUT2D eigenvalue weighted by Gasteiger charge is 2.59. The average molecular weight is 299 g/mol. The number of carboxylic acids is 1. The van der Waals surface area contributed by atoms with Crippen LogP contribution in [0.15, 0.2) is 0 Å². The van der Waals surface area contributed by atoms with Gasteiger partial charge >= 0.3 is 5.97 Å². The van der Waals surface area contributed by atoms with Crippen LogP contribution in [0.4, 0.5) is 0 Å². The topological polar surface area (TPSA) is 91.8 Å². The summed E-state index contributed by atoms with van der Waals surface area (Å²) < 4.78 is 0. The van der Waals surface area contributed by atoms with Crippen molar-refractivity contribution < 1.29 is 24.3 Å². The monoisotopic (exact) mass is 299 g/mol. The maximum absolute atomic E-state index is 12.1. The summed E-state index contributed by atoms with van der Waals surface area (Å²) in [5, 5.41) is 9.04. The molecule has 0 bridgehead atoms. The fourth-order valence-electron chi connectivity index (χ4n) is 3.02. The first kappa shape index (κ1) is 15.0. The summed E-state index contributed by atoms with van der Waals surface area (Å²) in [4.78, 5) is 48.6. The van der Waals surface area contributed by atoms with Crippen molar-refractivity contribution in [1.29, 1.82) is 0 Å². The van der Waals surface area contributed by atoms with Crippen molar-refractivity contribution in [3.05, 3.63) is 0 Å². The Hall–Kier alpha value is -1.37.